The highest BCUT2D eigenvalue weighted by Crippen LogP contribution is 2.24. The molecule has 0 saturated heterocycles. The van der Waals surface area contributed by atoms with E-state index >= 15 is 0 Å². The van der Waals surface area contributed by atoms with E-state index in [1.165, 1.54) is 0 Å². The second kappa shape index (κ2) is 8.34. The molecule has 0 aliphatic rings. The highest BCUT2D eigenvalue weighted by Gasteiger charge is 2.22. The largest absolute Gasteiger partial charge is 0.508 e. The van der Waals surface area contributed by atoms with Gasteiger partial charge in [-0.25, -0.2) is 4.79 Å². The van der Waals surface area contributed by atoms with Crippen molar-refractivity contribution >= 4 is 33.5 Å². The molecule has 0 radical (unpaired) electrons. The van der Waals surface area contributed by atoms with Crippen LogP contribution in [0.5, 0.6) is 5.75 Å². The number of esters is 1. The molecule has 0 aliphatic heterocycles. The fourth-order valence-corrected chi connectivity index (χ4v) is 2.97. The Hall–Kier alpha value is -1.56. The van der Waals surface area contributed by atoms with E-state index in [-0.39, 0.29) is 11.7 Å². The molecule has 0 aliphatic carbocycles. The molecule has 0 bridgehead atoms. The first kappa shape index (κ1) is 17.8. The van der Waals surface area contributed by atoms with E-state index in [1.54, 1.807) is 43.3 Å². The smallest absolute Gasteiger partial charge is 0.327 e. The van der Waals surface area contributed by atoms with Crippen LogP contribution in [0.25, 0.3) is 0 Å². The molecule has 2 N–H and O–H groups in total. The van der Waals surface area contributed by atoms with Gasteiger partial charge in [-0.05, 0) is 42.3 Å². The Bertz CT molecular complexity index is 693. The van der Waals surface area contributed by atoms with E-state index in [9.17, 15) is 9.90 Å². The molecule has 122 valence electrons. The molecule has 23 heavy (non-hydrogen) atoms. The lowest BCUT2D eigenvalue weighted by Gasteiger charge is -2.18. The van der Waals surface area contributed by atoms with Crippen LogP contribution in [0.4, 0.5) is 0 Å². The zero-order chi connectivity index (χ0) is 16.8. The minimum absolute atomic E-state index is 0.103. The number of rotatable bonds is 6. The van der Waals surface area contributed by atoms with Crippen molar-refractivity contribution in [2.45, 2.75) is 19.5 Å². The lowest BCUT2D eigenvalue weighted by atomic mass is 10.1. The number of phenolic OH excluding ortho intramolecular Hbond substituents is 1. The monoisotopic (exact) mass is 397 g/mol. The number of phenols is 1. The SMILES string of the molecule is CCOC(=O)C(NCc1ccc(Cl)cc1Br)c1cccc(O)c1. The lowest BCUT2D eigenvalue weighted by molar-refractivity contribution is -0.145. The average molecular weight is 399 g/mol. The summed E-state index contributed by atoms with van der Waals surface area (Å²) in [5.74, 6) is -0.283. The Morgan fingerprint density at radius 1 is 1.35 bits per heavy atom. The summed E-state index contributed by atoms with van der Waals surface area (Å²) in [5.41, 5.74) is 1.61. The van der Waals surface area contributed by atoms with Crippen LogP contribution in [0, 0.1) is 0 Å². The Morgan fingerprint density at radius 3 is 2.78 bits per heavy atom. The van der Waals surface area contributed by atoms with Crippen LogP contribution < -0.4 is 5.32 Å². The van der Waals surface area contributed by atoms with E-state index in [0.717, 1.165) is 10.0 Å². The number of hydrogen-bond acceptors (Lipinski definition) is 4. The first-order valence-electron chi connectivity index (χ1n) is 7.14. The average Bonchev–Trinajstić information content (AvgIpc) is 2.50. The van der Waals surface area contributed by atoms with Gasteiger partial charge in [-0.2, -0.15) is 0 Å². The van der Waals surface area contributed by atoms with Gasteiger partial charge in [-0.1, -0.05) is 45.7 Å². The Kier molecular flexibility index (Phi) is 6.45. The molecule has 0 saturated carbocycles. The van der Waals surface area contributed by atoms with Crippen molar-refractivity contribution in [2.75, 3.05) is 6.61 Å². The van der Waals surface area contributed by atoms with Crippen molar-refractivity contribution in [2.24, 2.45) is 0 Å². The Labute approximate surface area is 148 Å². The number of nitrogens with one attached hydrogen (secondary N) is 1. The summed E-state index contributed by atoms with van der Waals surface area (Å²) in [6, 6.07) is 11.4. The van der Waals surface area contributed by atoms with Crippen LogP contribution >= 0.6 is 27.5 Å². The molecule has 0 fully saturated rings. The van der Waals surface area contributed by atoms with Crippen LogP contribution in [0.15, 0.2) is 46.9 Å². The van der Waals surface area contributed by atoms with Gasteiger partial charge in [0.15, 0.2) is 0 Å². The molecule has 6 heteroatoms. The first-order chi connectivity index (χ1) is 11.0. The van der Waals surface area contributed by atoms with Crippen molar-refractivity contribution in [3.8, 4) is 5.75 Å². The summed E-state index contributed by atoms with van der Waals surface area (Å²) in [5, 5.41) is 13.4. The molecule has 1 unspecified atom stereocenters. The predicted octanol–water partition coefficient (Wildman–Crippen LogP) is 4.20. The van der Waals surface area contributed by atoms with Gasteiger partial charge in [-0.3, -0.25) is 5.32 Å². The van der Waals surface area contributed by atoms with E-state index in [0.29, 0.717) is 23.7 Å². The van der Waals surface area contributed by atoms with Crippen molar-refractivity contribution in [1.82, 2.24) is 5.32 Å². The fraction of sp³-hybridized carbons (Fsp3) is 0.235. The summed E-state index contributed by atoms with van der Waals surface area (Å²) in [7, 11) is 0. The van der Waals surface area contributed by atoms with Crippen LogP contribution in [0.1, 0.15) is 24.1 Å². The van der Waals surface area contributed by atoms with Crippen molar-refractivity contribution in [1.29, 1.82) is 0 Å². The van der Waals surface area contributed by atoms with Gasteiger partial charge in [0.05, 0.1) is 6.61 Å². The third-order valence-electron chi connectivity index (χ3n) is 3.24. The van der Waals surface area contributed by atoms with Gasteiger partial charge >= 0.3 is 5.97 Å². The zero-order valence-corrected chi connectivity index (χ0v) is 14.9. The number of carbonyl (C=O) groups excluding carboxylic acids is 1. The third kappa shape index (κ3) is 4.96. The van der Waals surface area contributed by atoms with Gasteiger partial charge < -0.3 is 9.84 Å². The molecule has 4 nitrogen and oxygen atoms in total. The molecule has 0 amide bonds. The summed E-state index contributed by atoms with van der Waals surface area (Å²) < 4.78 is 5.98. The van der Waals surface area contributed by atoms with Crippen molar-refractivity contribution in [3.63, 3.8) is 0 Å². The zero-order valence-electron chi connectivity index (χ0n) is 12.6. The summed E-state index contributed by atoms with van der Waals surface area (Å²) >= 11 is 9.38. The molecular weight excluding hydrogens is 382 g/mol. The number of hydrogen-bond donors (Lipinski definition) is 2. The topological polar surface area (TPSA) is 58.6 Å². The maximum atomic E-state index is 12.2. The quantitative estimate of drug-likeness (QED) is 0.716. The second-order valence-corrected chi connectivity index (χ2v) is 6.19. The van der Waals surface area contributed by atoms with Crippen LogP contribution in [0.2, 0.25) is 5.02 Å². The number of benzene rings is 2. The van der Waals surface area contributed by atoms with Gasteiger partial charge in [0.1, 0.15) is 11.8 Å². The minimum atomic E-state index is -0.662. The molecule has 2 aromatic rings. The highest BCUT2D eigenvalue weighted by atomic mass is 79.9. The van der Waals surface area contributed by atoms with E-state index in [4.69, 9.17) is 16.3 Å². The van der Waals surface area contributed by atoms with Crippen LogP contribution in [0.3, 0.4) is 0 Å². The van der Waals surface area contributed by atoms with Crippen molar-refractivity contribution in [3.05, 3.63) is 63.1 Å². The lowest BCUT2D eigenvalue weighted by Crippen LogP contribution is -2.30. The number of halogens is 2. The highest BCUT2D eigenvalue weighted by molar-refractivity contribution is 9.10. The molecule has 1 atom stereocenters. The minimum Gasteiger partial charge on any atom is -0.508 e. The normalized spacial score (nSPS) is 12.0. The van der Waals surface area contributed by atoms with Gasteiger partial charge in [0, 0.05) is 16.0 Å². The molecule has 2 rings (SSSR count). The molecule has 2 aromatic carbocycles. The summed E-state index contributed by atoms with van der Waals surface area (Å²) in [6.07, 6.45) is 0. The van der Waals surface area contributed by atoms with Gasteiger partial charge in [0.25, 0.3) is 0 Å². The number of aromatic hydroxyl groups is 1. The third-order valence-corrected chi connectivity index (χ3v) is 4.21. The molecule has 0 spiro atoms. The maximum absolute atomic E-state index is 12.2. The van der Waals surface area contributed by atoms with Gasteiger partial charge in [0.2, 0.25) is 0 Å². The van der Waals surface area contributed by atoms with Crippen LogP contribution in [-0.2, 0) is 16.1 Å². The second-order valence-electron chi connectivity index (χ2n) is 4.90. The summed E-state index contributed by atoms with van der Waals surface area (Å²) in [6.45, 7) is 2.49. The standard InChI is InChI=1S/C17H17BrClNO3/c1-2-23-17(22)16(11-4-3-5-14(21)8-11)20-10-12-6-7-13(19)9-15(12)18/h3-9,16,20-21H,2,10H2,1H3. The fourth-order valence-electron chi connectivity index (χ4n) is 2.14. The maximum Gasteiger partial charge on any atom is 0.327 e. The Balaban J connectivity index is 2.19. The van der Waals surface area contributed by atoms with E-state index in [1.807, 2.05) is 6.07 Å². The molecule has 0 heterocycles. The van der Waals surface area contributed by atoms with Crippen molar-refractivity contribution < 1.29 is 14.6 Å². The first-order valence-corrected chi connectivity index (χ1v) is 8.31. The van der Waals surface area contributed by atoms with E-state index in [2.05, 4.69) is 21.2 Å². The van der Waals surface area contributed by atoms with Gasteiger partial charge in [-0.15, -0.1) is 0 Å². The Morgan fingerprint density at radius 2 is 2.13 bits per heavy atom. The van der Waals surface area contributed by atoms with Crippen LogP contribution in [-0.4, -0.2) is 17.7 Å². The predicted molar refractivity (Wildman–Crippen MR) is 93.5 cm³/mol. The summed E-state index contributed by atoms with van der Waals surface area (Å²) in [4.78, 5) is 12.2. The molecule has 0 aromatic heterocycles. The number of carbonyl (C=O) groups is 1. The number of ether oxygens (including phenoxy) is 1. The van der Waals surface area contributed by atoms with E-state index < -0.39 is 6.04 Å². The molecular formula is C17H17BrClNO3.